The molecule has 0 aromatic carbocycles. The number of rotatable bonds is 1. The molecule has 1 saturated carbocycles. The lowest BCUT2D eigenvalue weighted by Gasteiger charge is -2.12. The van der Waals surface area contributed by atoms with E-state index >= 15 is 0 Å². The van der Waals surface area contributed by atoms with Crippen molar-refractivity contribution >= 4 is 0 Å². The van der Waals surface area contributed by atoms with E-state index < -0.39 is 0 Å². The van der Waals surface area contributed by atoms with Crippen LogP contribution in [0.25, 0.3) is 0 Å². The number of nitrogens with zero attached hydrogens (tertiary/aromatic N) is 2. The van der Waals surface area contributed by atoms with Crippen LogP contribution in [0.5, 0.6) is 0 Å². The summed E-state index contributed by atoms with van der Waals surface area (Å²) in [6.45, 7) is 0. The second-order valence-corrected chi connectivity index (χ2v) is 4.71. The zero-order valence-corrected chi connectivity index (χ0v) is 8.60. The van der Waals surface area contributed by atoms with Gasteiger partial charge in [-0.3, -0.25) is 4.98 Å². The van der Waals surface area contributed by atoms with Gasteiger partial charge in [-0.15, -0.1) is 0 Å². The molecule has 0 amide bonds. The maximum absolute atomic E-state index is 10.9. The van der Waals surface area contributed by atoms with Crippen LogP contribution in [-0.4, -0.2) is 11.0 Å². The van der Waals surface area contributed by atoms with Gasteiger partial charge in [0.1, 0.15) is 0 Å². The molecule has 0 saturated heterocycles. The van der Waals surface area contributed by atoms with E-state index in [2.05, 4.69) is 16.2 Å². The first kappa shape index (κ1) is 9.01. The van der Waals surface area contributed by atoms with Crippen LogP contribution in [0.3, 0.4) is 0 Å². The standard InChI is InChI=1S/C12H14N2O/c15-14-12-9-3-4-10(12)7-11-8(6-9)2-1-5-13-11/h1-2,5,9-10,12H,3-4,6-7H2. The average Bonchev–Trinajstić information content (AvgIpc) is 2.54. The third-order valence-corrected chi connectivity index (χ3v) is 3.92. The molecule has 3 heteroatoms. The molecule has 0 radical (unpaired) electrons. The maximum atomic E-state index is 10.9. The summed E-state index contributed by atoms with van der Waals surface area (Å²) in [5.74, 6) is 0.918. The van der Waals surface area contributed by atoms with Crippen LogP contribution in [0.1, 0.15) is 24.1 Å². The van der Waals surface area contributed by atoms with E-state index in [1.54, 1.807) is 0 Å². The van der Waals surface area contributed by atoms with Gasteiger partial charge in [-0.1, -0.05) is 11.2 Å². The first-order valence-electron chi connectivity index (χ1n) is 5.63. The van der Waals surface area contributed by atoms with Gasteiger partial charge in [0.15, 0.2) is 0 Å². The van der Waals surface area contributed by atoms with Gasteiger partial charge in [0.05, 0.1) is 6.04 Å². The van der Waals surface area contributed by atoms with Gasteiger partial charge in [0.2, 0.25) is 0 Å². The fraction of sp³-hybridized carbons (Fsp3) is 0.583. The summed E-state index contributed by atoms with van der Waals surface area (Å²) in [6, 6.07) is 4.17. The molecule has 0 N–H and O–H groups in total. The van der Waals surface area contributed by atoms with E-state index in [-0.39, 0.29) is 6.04 Å². The van der Waals surface area contributed by atoms with Gasteiger partial charge in [-0.05, 0) is 49.1 Å². The summed E-state index contributed by atoms with van der Waals surface area (Å²) < 4.78 is 0. The Labute approximate surface area is 88.9 Å². The van der Waals surface area contributed by atoms with Crippen molar-refractivity contribution in [2.24, 2.45) is 17.0 Å². The number of pyridine rings is 1. The van der Waals surface area contributed by atoms with Crippen molar-refractivity contribution in [1.29, 1.82) is 0 Å². The molecule has 3 atom stereocenters. The number of nitroso groups, excluding NO2 is 1. The minimum absolute atomic E-state index is 0.0409. The normalized spacial score (nSPS) is 33.2. The highest BCUT2D eigenvalue weighted by atomic mass is 16.3. The molecule has 15 heavy (non-hydrogen) atoms. The second kappa shape index (κ2) is 3.40. The number of hydrogen-bond acceptors (Lipinski definition) is 3. The van der Waals surface area contributed by atoms with Crippen LogP contribution >= 0.6 is 0 Å². The average molecular weight is 202 g/mol. The van der Waals surface area contributed by atoms with Gasteiger partial charge in [-0.2, -0.15) is 4.91 Å². The summed E-state index contributed by atoms with van der Waals surface area (Å²) >= 11 is 0. The topological polar surface area (TPSA) is 42.3 Å². The van der Waals surface area contributed by atoms with Gasteiger partial charge < -0.3 is 0 Å². The summed E-state index contributed by atoms with van der Waals surface area (Å²) in [4.78, 5) is 15.3. The van der Waals surface area contributed by atoms with Crippen LogP contribution in [0.15, 0.2) is 23.5 Å². The fourth-order valence-corrected chi connectivity index (χ4v) is 3.14. The predicted octanol–water partition coefficient (Wildman–Crippen LogP) is 2.34. The lowest BCUT2D eigenvalue weighted by atomic mass is 9.96. The van der Waals surface area contributed by atoms with Crippen LogP contribution < -0.4 is 0 Å². The van der Waals surface area contributed by atoms with Gasteiger partial charge in [0, 0.05) is 11.9 Å². The molecule has 2 bridgehead atoms. The first-order valence-corrected chi connectivity index (χ1v) is 5.63. The van der Waals surface area contributed by atoms with E-state index in [1.807, 2.05) is 12.3 Å². The molecular weight excluding hydrogens is 188 g/mol. The highest BCUT2D eigenvalue weighted by molar-refractivity contribution is 5.24. The molecule has 3 rings (SSSR count). The molecular formula is C12H14N2O. The van der Waals surface area contributed by atoms with Crippen LogP contribution in [0, 0.1) is 16.7 Å². The smallest absolute Gasteiger partial charge is 0.0982 e. The molecule has 3 unspecified atom stereocenters. The maximum Gasteiger partial charge on any atom is 0.0982 e. The Morgan fingerprint density at radius 3 is 2.87 bits per heavy atom. The van der Waals surface area contributed by atoms with Crippen molar-refractivity contribution in [3.8, 4) is 0 Å². The van der Waals surface area contributed by atoms with Crippen LogP contribution in [0.2, 0.25) is 0 Å². The summed E-state index contributed by atoms with van der Waals surface area (Å²) in [5, 5.41) is 3.34. The van der Waals surface area contributed by atoms with Crippen molar-refractivity contribution in [2.75, 3.05) is 0 Å². The SMILES string of the molecule is O=NC1C2CCC1Cc1ncccc1C2. The van der Waals surface area contributed by atoms with E-state index in [1.165, 1.54) is 11.3 Å². The summed E-state index contributed by atoms with van der Waals surface area (Å²) in [7, 11) is 0. The highest BCUT2D eigenvalue weighted by Gasteiger charge is 2.40. The molecule has 1 aromatic heterocycles. The monoisotopic (exact) mass is 202 g/mol. The highest BCUT2D eigenvalue weighted by Crippen LogP contribution is 2.40. The number of aromatic nitrogens is 1. The van der Waals surface area contributed by atoms with E-state index in [9.17, 15) is 4.91 Å². The quantitative estimate of drug-likeness (QED) is 0.656. The van der Waals surface area contributed by atoms with Crippen molar-refractivity contribution in [1.82, 2.24) is 4.98 Å². The molecule has 2 aliphatic carbocycles. The lowest BCUT2D eigenvalue weighted by molar-refractivity contribution is 0.420. The van der Waals surface area contributed by atoms with Crippen LogP contribution in [0.4, 0.5) is 0 Å². The second-order valence-electron chi connectivity index (χ2n) is 4.71. The van der Waals surface area contributed by atoms with Gasteiger partial charge in [-0.25, -0.2) is 0 Å². The molecule has 1 aromatic rings. The Morgan fingerprint density at radius 2 is 2.07 bits per heavy atom. The third kappa shape index (κ3) is 1.37. The van der Waals surface area contributed by atoms with Crippen molar-refractivity contribution in [3.05, 3.63) is 34.5 Å². The molecule has 0 spiro atoms. The van der Waals surface area contributed by atoms with Crippen molar-refractivity contribution < 1.29 is 0 Å². The minimum Gasteiger partial charge on any atom is -0.261 e. The molecule has 78 valence electrons. The Bertz CT molecular complexity index is 358. The zero-order valence-electron chi connectivity index (χ0n) is 8.60. The van der Waals surface area contributed by atoms with E-state index in [4.69, 9.17) is 0 Å². The molecule has 3 nitrogen and oxygen atoms in total. The fourth-order valence-electron chi connectivity index (χ4n) is 3.14. The van der Waals surface area contributed by atoms with E-state index in [0.29, 0.717) is 11.8 Å². The first-order chi connectivity index (χ1) is 7.38. The van der Waals surface area contributed by atoms with Crippen LogP contribution in [-0.2, 0) is 12.8 Å². The summed E-state index contributed by atoms with van der Waals surface area (Å²) in [6.07, 6.45) is 6.10. The molecule has 1 fully saturated rings. The van der Waals surface area contributed by atoms with Gasteiger partial charge in [0.25, 0.3) is 0 Å². The molecule has 1 heterocycles. The summed E-state index contributed by atoms with van der Waals surface area (Å²) in [5.41, 5.74) is 2.52. The number of hydrogen-bond donors (Lipinski definition) is 0. The van der Waals surface area contributed by atoms with E-state index in [0.717, 1.165) is 25.7 Å². The predicted molar refractivity (Wildman–Crippen MR) is 57.4 cm³/mol. The van der Waals surface area contributed by atoms with Crippen molar-refractivity contribution in [2.45, 2.75) is 31.7 Å². The van der Waals surface area contributed by atoms with Crippen molar-refractivity contribution in [3.63, 3.8) is 0 Å². The Morgan fingerprint density at radius 1 is 1.27 bits per heavy atom. The molecule has 2 aliphatic rings. The third-order valence-electron chi connectivity index (χ3n) is 3.92. The lowest BCUT2D eigenvalue weighted by Crippen LogP contribution is -2.18. The zero-order chi connectivity index (χ0) is 10.3. The Balaban J connectivity index is 2.00. The number of fused-ring (bicyclic) bond motifs is 3. The largest absolute Gasteiger partial charge is 0.261 e. The molecule has 0 aliphatic heterocycles. The Hall–Kier alpha value is -1.25. The minimum atomic E-state index is 0.0409. The van der Waals surface area contributed by atoms with Gasteiger partial charge >= 0.3 is 0 Å². The Kier molecular flexibility index (Phi) is 2.04.